The van der Waals surface area contributed by atoms with Crippen molar-refractivity contribution in [1.82, 2.24) is 0 Å². The molecule has 0 aromatic heterocycles. The molecule has 1 unspecified atom stereocenters. The Balaban J connectivity index is 3.13. The van der Waals surface area contributed by atoms with Crippen molar-refractivity contribution in [3.63, 3.8) is 0 Å². The molecule has 0 spiro atoms. The molecule has 0 heterocycles. The summed E-state index contributed by atoms with van der Waals surface area (Å²) in [6.45, 7) is 1.37. The van der Waals surface area contributed by atoms with E-state index in [0.717, 1.165) is 0 Å². The summed E-state index contributed by atoms with van der Waals surface area (Å²) in [5, 5.41) is 19.7. The van der Waals surface area contributed by atoms with Crippen molar-refractivity contribution in [1.29, 1.82) is 0 Å². The zero-order chi connectivity index (χ0) is 10.1. The van der Waals surface area contributed by atoms with Gasteiger partial charge in [0.1, 0.15) is 5.72 Å². The first-order valence-corrected chi connectivity index (χ1v) is 3.67. The van der Waals surface area contributed by atoms with Crippen LogP contribution in [0.5, 0.6) is 0 Å². The van der Waals surface area contributed by atoms with Gasteiger partial charge in [-0.05, 0) is 6.92 Å². The maximum Gasteiger partial charge on any atom is 0.269 e. The van der Waals surface area contributed by atoms with Crippen LogP contribution in [0.25, 0.3) is 0 Å². The normalized spacial score (nSPS) is 15.0. The Hall–Kier alpha value is -1.46. The standard InChI is InChI=1S/C8H10N2O3/c1-8(9,11)6-3-2-4-7(5-6)10(12)13/h2-5,11H,9H2,1H3. The van der Waals surface area contributed by atoms with Gasteiger partial charge in [0.15, 0.2) is 0 Å². The van der Waals surface area contributed by atoms with Crippen molar-refractivity contribution in [2.45, 2.75) is 12.6 Å². The molecule has 0 aliphatic carbocycles. The second-order valence-corrected chi connectivity index (χ2v) is 2.95. The molecule has 0 fully saturated rings. The third-order valence-corrected chi connectivity index (χ3v) is 1.64. The highest BCUT2D eigenvalue weighted by atomic mass is 16.6. The predicted octanol–water partition coefficient (Wildman–Crippen LogP) is 0.719. The van der Waals surface area contributed by atoms with E-state index < -0.39 is 10.6 Å². The Morgan fingerprint density at radius 2 is 2.23 bits per heavy atom. The van der Waals surface area contributed by atoms with Crippen LogP contribution in [0.2, 0.25) is 0 Å². The maximum atomic E-state index is 10.4. The number of nitrogens with zero attached hydrogens (tertiary/aromatic N) is 1. The molecule has 1 rings (SSSR count). The lowest BCUT2D eigenvalue weighted by atomic mass is 10.1. The van der Waals surface area contributed by atoms with Crippen molar-refractivity contribution < 1.29 is 10.0 Å². The lowest BCUT2D eigenvalue weighted by Gasteiger charge is -2.16. The summed E-state index contributed by atoms with van der Waals surface area (Å²) in [6.07, 6.45) is 0. The van der Waals surface area contributed by atoms with Crippen LogP contribution < -0.4 is 5.73 Å². The van der Waals surface area contributed by atoms with E-state index in [9.17, 15) is 15.2 Å². The molecule has 0 bridgehead atoms. The molecular weight excluding hydrogens is 172 g/mol. The third kappa shape index (κ3) is 2.24. The molecule has 1 aromatic rings. The van der Waals surface area contributed by atoms with Crippen molar-refractivity contribution in [2.24, 2.45) is 5.73 Å². The van der Waals surface area contributed by atoms with Gasteiger partial charge in [-0.25, -0.2) is 0 Å². The number of hydrogen-bond acceptors (Lipinski definition) is 4. The Kier molecular flexibility index (Phi) is 2.31. The van der Waals surface area contributed by atoms with Crippen LogP contribution in [0.3, 0.4) is 0 Å². The molecule has 0 saturated heterocycles. The second-order valence-electron chi connectivity index (χ2n) is 2.95. The summed E-state index contributed by atoms with van der Waals surface area (Å²) < 4.78 is 0. The summed E-state index contributed by atoms with van der Waals surface area (Å²) in [6, 6.07) is 5.61. The molecule has 1 aromatic carbocycles. The Morgan fingerprint density at radius 3 is 2.69 bits per heavy atom. The number of nitrogens with two attached hydrogens (primary N) is 1. The molecule has 70 valence electrons. The van der Waals surface area contributed by atoms with Gasteiger partial charge in [-0.1, -0.05) is 12.1 Å². The highest BCUT2D eigenvalue weighted by Gasteiger charge is 2.18. The van der Waals surface area contributed by atoms with E-state index >= 15 is 0 Å². The molecule has 5 heteroatoms. The number of nitro benzene ring substituents is 1. The Labute approximate surface area is 74.9 Å². The van der Waals surface area contributed by atoms with Crippen LogP contribution in [0.15, 0.2) is 24.3 Å². The van der Waals surface area contributed by atoms with E-state index in [0.29, 0.717) is 5.56 Å². The van der Waals surface area contributed by atoms with E-state index in [4.69, 9.17) is 5.73 Å². The first kappa shape index (κ1) is 9.63. The predicted molar refractivity (Wildman–Crippen MR) is 46.9 cm³/mol. The van der Waals surface area contributed by atoms with Gasteiger partial charge in [0.2, 0.25) is 0 Å². The number of non-ortho nitro benzene ring substituents is 1. The monoisotopic (exact) mass is 182 g/mol. The van der Waals surface area contributed by atoms with Gasteiger partial charge in [-0.15, -0.1) is 0 Å². The minimum absolute atomic E-state index is 0.0803. The van der Waals surface area contributed by atoms with Gasteiger partial charge in [0.25, 0.3) is 5.69 Å². The average molecular weight is 182 g/mol. The highest BCUT2D eigenvalue weighted by Crippen LogP contribution is 2.19. The largest absolute Gasteiger partial charge is 0.372 e. The third-order valence-electron chi connectivity index (χ3n) is 1.64. The fraction of sp³-hybridized carbons (Fsp3) is 0.250. The van der Waals surface area contributed by atoms with Gasteiger partial charge in [0, 0.05) is 17.7 Å². The highest BCUT2D eigenvalue weighted by molar-refractivity contribution is 5.36. The Bertz CT molecular complexity index is 330. The number of rotatable bonds is 2. The summed E-state index contributed by atoms with van der Waals surface area (Å²) in [4.78, 5) is 9.83. The molecule has 1 atom stereocenters. The molecule has 0 amide bonds. The van der Waals surface area contributed by atoms with Crippen molar-refractivity contribution >= 4 is 5.69 Å². The molecule has 3 N–H and O–H groups in total. The summed E-state index contributed by atoms with van der Waals surface area (Å²) in [7, 11) is 0. The second kappa shape index (κ2) is 3.12. The summed E-state index contributed by atoms with van der Waals surface area (Å²) in [5.74, 6) is 0. The molecule has 0 saturated carbocycles. The van der Waals surface area contributed by atoms with Crippen LogP contribution in [0.4, 0.5) is 5.69 Å². The van der Waals surface area contributed by atoms with Crippen molar-refractivity contribution in [3.8, 4) is 0 Å². The smallest absolute Gasteiger partial charge is 0.269 e. The van der Waals surface area contributed by atoms with E-state index in [1.807, 2.05) is 0 Å². The van der Waals surface area contributed by atoms with E-state index in [2.05, 4.69) is 0 Å². The topological polar surface area (TPSA) is 89.4 Å². The zero-order valence-electron chi connectivity index (χ0n) is 7.10. The zero-order valence-corrected chi connectivity index (χ0v) is 7.10. The quantitative estimate of drug-likeness (QED) is 0.400. The van der Waals surface area contributed by atoms with Crippen LogP contribution in [0.1, 0.15) is 12.5 Å². The number of hydrogen-bond donors (Lipinski definition) is 2. The van der Waals surface area contributed by atoms with Crippen molar-refractivity contribution in [2.75, 3.05) is 0 Å². The molecule has 0 aliphatic heterocycles. The van der Waals surface area contributed by atoms with Crippen LogP contribution in [-0.4, -0.2) is 10.0 Å². The first-order chi connectivity index (χ1) is 5.91. The molecule has 5 nitrogen and oxygen atoms in total. The minimum atomic E-state index is -1.54. The minimum Gasteiger partial charge on any atom is -0.372 e. The number of benzene rings is 1. The lowest BCUT2D eigenvalue weighted by molar-refractivity contribution is -0.385. The average Bonchev–Trinajstić information content (AvgIpc) is 2.03. The van der Waals surface area contributed by atoms with Crippen LogP contribution in [-0.2, 0) is 5.72 Å². The van der Waals surface area contributed by atoms with Crippen molar-refractivity contribution in [3.05, 3.63) is 39.9 Å². The number of aliphatic hydroxyl groups is 1. The SMILES string of the molecule is CC(N)(O)c1cccc([N+](=O)[O-])c1. The van der Waals surface area contributed by atoms with E-state index in [-0.39, 0.29) is 5.69 Å². The van der Waals surface area contributed by atoms with Gasteiger partial charge in [0.05, 0.1) is 4.92 Å². The molecule has 0 aliphatic rings. The van der Waals surface area contributed by atoms with Gasteiger partial charge >= 0.3 is 0 Å². The fourth-order valence-electron chi connectivity index (χ4n) is 0.934. The summed E-state index contributed by atoms with van der Waals surface area (Å²) in [5.41, 5.74) is 4.06. The van der Waals surface area contributed by atoms with Gasteiger partial charge in [-0.2, -0.15) is 0 Å². The molecule has 13 heavy (non-hydrogen) atoms. The fourth-order valence-corrected chi connectivity index (χ4v) is 0.934. The Morgan fingerprint density at radius 1 is 1.62 bits per heavy atom. The molecular formula is C8H10N2O3. The van der Waals surface area contributed by atoms with Gasteiger partial charge < -0.3 is 10.8 Å². The first-order valence-electron chi connectivity index (χ1n) is 3.67. The maximum absolute atomic E-state index is 10.4. The van der Waals surface area contributed by atoms with Crippen LogP contribution >= 0.6 is 0 Å². The van der Waals surface area contributed by atoms with E-state index in [1.54, 1.807) is 0 Å². The summed E-state index contributed by atoms with van der Waals surface area (Å²) >= 11 is 0. The van der Waals surface area contributed by atoms with E-state index in [1.165, 1.54) is 31.2 Å². The molecule has 0 radical (unpaired) electrons. The van der Waals surface area contributed by atoms with Crippen LogP contribution in [0, 0.1) is 10.1 Å². The lowest BCUT2D eigenvalue weighted by Crippen LogP contribution is -2.32. The van der Waals surface area contributed by atoms with Gasteiger partial charge in [-0.3, -0.25) is 10.1 Å². The number of nitro groups is 1.